The summed E-state index contributed by atoms with van der Waals surface area (Å²) in [4.78, 5) is 23.3. The van der Waals surface area contributed by atoms with Crippen LogP contribution in [0.3, 0.4) is 0 Å². The quantitative estimate of drug-likeness (QED) is 0.668. The van der Waals surface area contributed by atoms with Crippen LogP contribution in [0.4, 0.5) is 0 Å². The second kappa shape index (κ2) is 6.73. The van der Waals surface area contributed by atoms with Crippen LogP contribution < -0.4 is 16.0 Å². The largest absolute Gasteiger partial charge is 0.354 e. The third kappa shape index (κ3) is 3.98. The molecule has 102 valence electrons. The van der Waals surface area contributed by atoms with E-state index < -0.39 is 0 Å². The molecule has 0 saturated carbocycles. The van der Waals surface area contributed by atoms with Gasteiger partial charge in [-0.1, -0.05) is 0 Å². The Morgan fingerprint density at radius 2 is 2.11 bits per heavy atom. The van der Waals surface area contributed by atoms with Gasteiger partial charge in [0.2, 0.25) is 11.8 Å². The Morgan fingerprint density at radius 3 is 2.83 bits per heavy atom. The number of hydrogen-bond acceptors (Lipinski definition) is 3. The fraction of sp³-hybridized carbons (Fsp3) is 0.846. The summed E-state index contributed by atoms with van der Waals surface area (Å²) in [5.74, 6) is 0.598. The van der Waals surface area contributed by atoms with Crippen LogP contribution in [0.25, 0.3) is 0 Å². The molecule has 0 spiro atoms. The smallest absolute Gasteiger partial charge is 0.242 e. The van der Waals surface area contributed by atoms with Gasteiger partial charge in [-0.05, 0) is 51.1 Å². The van der Waals surface area contributed by atoms with Crippen molar-refractivity contribution in [3.05, 3.63) is 0 Å². The van der Waals surface area contributed by atoms with E-state index in [1.54, 1.807) is 0 Å². The lowest BCUT2D eigenvalue weighted by atomic mass is 9.94. The zero-order valence-corrected chi connectivity index (χ0v) is 10.8. The first kappa shape index (κ1) is 13.3. The number of piperidine rings is 2. The van der Waals surface area contributed by atoms with Crippen molar-refractivity contribution in [2.45, 2.75) is 44.6 Å². The van der Waals surface area contributed by atoms with Gasteiger partial charge in [0, 0.05) is 13.0 Å². The van der Waals surface area contributed by atoms with E-state index in [1.807, 2.05) is 0 Å². The highest BCUT2D eigenvalue weighted by atomic mass is 16.2. The fourth-order valence-electron chi connectivity index (χ4n) is 2.68. The fourth-order valence-corrected chi connectivity index (χ4v) is 2.68. The number of nitrogens with one attached hydrogen (secondary N) is 3. The van der Waals surface area contributed by atoms with Crippen molar-refractivity contribution in [2.75, 3.05) is 19.6 Å². The summed E-state index contributed by atoms with van der Waals surface area (Å²) < 4.78 is 0. The van der Waals surface area contributed by atoms with Gasteiger partial charge in [-0.2, -0.15) is 0 Å². The van der Waals surface area contributed by atoms with E-state index in [9.17, 15) is 9.59 Å². The van der Waals surface area contributed by atoms with E-state index in [0.717, 1.165) is 38.9 Å². The maximum absolute atomic E-state index is 11.8. The second-order valence-electron chi connectivity index (χ2n) is 5.30. The molecule has 0 radical (unpaired) electrons. The summed E-state index contributed by atoms with van der Waals surface area (Å²) in [5.41, 5.74) is 0. The molecule has 2 fully saturated rings. The van der Waals surface area contributed by atoms with Crippen molar-refractivity contribution < 1.29 is 9.59 Å². The van der Waals surface area contributed by atoms with Crippen LogP contribution in [0.5, 0.6) is 0 Å². The summed E-state index contributed by atoms with van der Waals surface area (Å²) in [5, 5.41) is 8.97. The molecule has 2 aliphatic rings. The molecule has 0 aromatic heterocycles. The highest BCUT2D eigenvalue weighted by Crippen LogP contribution is 2.15. The molecule has 18 heavy (non-hydrogen) atoms. The summed E-state index contributed by atoms with van der Waals surface area (Å²) in [6, 6.07) is -0.310. The van der Waals surface area contributed by atoms with Gasteiger partial charge in [-0.15, -0.1) is 0 Å². The Balaban J connectivity index is 1.66. The third-order valence-electron chi connectivity index (χ3n) is 3.80. The number of hydrogen-bond donors (Lipinski definition) is 3. The zero-order valence-electron chi connectivity index (χ0n) is 10.8. The molecule has 3 N–H and O–H groups in total. The highest BCUT2D eigenvalue weighted by Gasteiger charge is 2.23. The Hall–Kier alpha value is -1.10. The van der Waals surface area contributed by atoms with Crippen LogP contribution in [0.1, 0.15) is 38.5 Å². The van der Waals surface area contributed by atoms with E-state index in [-0.39, 0.29) is 17.9 Å². The van der Waals surface area contributed by atoms with Gasteiger partial charge in [0.05, 0.1) is 0 Å². The normalized spacial score (nSPS) is 28.6. The Labute approximate surface area is 108 Å². The monoisotopic (exact) mass is 253 g/mol. The molecule has 0 aliphatic carbocycles. The number of rotatable bonds is 4. The SMILES string of the molecule is O=C(CCC1CCCNC1)NC1CCCNC1=O. The van der Waals surface area contributed by atoms with Crippen molar-refractivity contribution in [3.63, 3.8) is 0 Å². The average molecular weight is 253 g/mol. The lowest BCUT2D eigenvalue weighted by Gasteiger charge is -2.24. The van der Waals surface area contributed by atoms with Crippen LogP contribution in [0, 0.1) is 5.92 Å². The Kier molecular flexibility index (Phi) is 4.99. The van der Waals surface area contributed by atoms with E-state index in [2.05, 4.69) is 16.0 Å². The average Bonchev–Trinajstić information content (AvgIpc) is 2.40. The molecule has 2 amide bonds. The van der Waals surface area contributed by atoms with Crippen molar-refractivity contribution in [1.29, 1.82) is 0 Å². The van der Waals surface area contributed by atoms with Crippen LogP contribution in [-0.2, 0) is 9.59 Å². The summed E-state index contributed by atoms with van der Waals surface area (Å²) in [7, 11) is 0. The van der Waals surface area contributed by atoms with Crippen molar-refractivity contribution in [1.82, 2.24) is 16.0 Å². The molecule has 5 nitrogen and oxygen atoms in total. The Bertz CT molecular complexity index is 301. The van der Waals surface area contributed by atoms with Gasteiger partial charge >= 0.3 is 0 Å². The van der Waals surface area contributed by atoms with E-state index in [4.69, 9.17) is 0 Å². The molecule has 2 atom stereocenters. The molecule has 2 rings (SSSR count). The van der Waals surface area contributed by atoms with Gasteiger partial charge < -0.3 is 16.0 Å². The maximum atomic E-state index is 11.8. The molecule has 2 unspecified atom stereocenters. The molecule has 0 aromatic rings. The molecule has 2 saturated heterocycles. The summed E-state index contributed by atoms with van der Waals surface area (Å²) in [6.45, 7) is 2.86. The molecule has 2 heterocycles. The first-order valence-electron chi connectivity index (χ1n) is 7.03. The van der Waals surface area contributed by atoms with Crippen molar-refractivity contribution in [3.8, 4) is 0 Å². The number of carbonyl (C=O) groups is 2. The van der Waals surface area contributed by atoms with Crippen LogP contribution in [0.2, 0.25) is 0 Å². The molecular weight excluding hydrogens is 230 g/mol. The molecule has 0 bridgehead atoms. The zero-order chi connectivity index (χ0) is 12.8. The molecule has 0 aromatic carbocycles. The number of amides is 2. The van der Waals surface area contributed by atoms with Crippen LogP contribution in [0.15, 0.2) is 0 Å². The highest BCUT2D eigenvalue weighted by molar-refractivity contribution is 5.88. The van der Waals surface area contributed by atoms with Gasteiger partial charge in [0.1, 0.15) is 6.04 Å². The summed E-state index contributed by atoms with van der Waals surface area (Å²) in [6.07, 6.45) is 5.59. The first-order chi connectivity index (χ1) is 8.75. The standard InChI is InChI=1S/C13H23N3O2/c17-12(6-5-10-3-1-7-14-9-10)16-11-4-2-8-15-13(11)18/h10-11,14H,1-9H2,(H,15,18)(H,16,17). The predicted octanol–water partition coefficient (Wildman–Crippen LogP) is 0.161. The molecule has 2 aliphatic heterocycles. The topological polar surface area (TPSA) is 70.2 Å². The van der Waals surface area contributed by atoms with Gasteiger partial charge in [0.25, 0.3) is 0 Å². The second-order valence-corrected chi connectivity index (χ2v) is 5.30. The third-order valence-corrected chi connectivity index (χ3v) is 3.80. The lowest BCUT2D eigenvalue weighted by Crippen LogP contribution is -2.50. The minimum atomic E-state index is -0.310. The number of carbonyl (C=O) groups excluding carboxylic acids is 2. The van der Waals surface area contributed by atoms with E-state index >= 15 is 0 Å². The minimum absolute atomic E-state index is 0.0163. The van der Waals surface area contributed by atoms with Crippen molar-refractivity contribution >= 4 is 11.8 Å². The molecular formula is C13H23N3O2. The van der Waals surface area contributed by atoms with Gasteiger partial charge in [0.15, 0.2) is 0 Å². The van der Waals surface area contributed by atoms with Crippen LogP contribution >= 0.6 is 0 Å². The Morgan fingerprint density at radius 1 is 1.28 bits per heavy atom. The van der Waals surface area contributed by atoms with Crippen molar-refractivity contribution in [2.24, 2.45) is 5.92 Å². The van der Waals surface area contributed by atoms with Gasteiger partial charge in [-0.3, -0.25) is 9.59 Å². The predicted molar refractivity (Wildman–Crippen MR) is 69.0 cm³/mol. The maximum Gasteiger partial charge on any atom is 0.242 e. The lowest BCUT2D eigenvalue weighted by molar-refractivity contribution is -0.130. The van der Waals surface area contributed by atoms with E-state index in [0.29, 0.717) is 12.3 Å². The summed E-state index contributed by atoms with van der Waals surface area (Å²) >= 11 is 0. The van der Waals surface area contributed by atoms with Gasteiger partial charge in [-0.25, -0.2) is 0 Å². The first-order valence-corrected chi connectivity index (χ1v) is 7.03. The molecule has 5 heteroatoms. The minimum Gasteiger partial charge on any atom is -0.354 e. The van der Waals surface area contributed by atoms with E-state index in [1.165, 1.54) is 12.8 Å². The van der Waals surface area contributed by atoms with Crippen LogP contribution in [-0.4, -0.2) is 37.5 Å².